The fraction of sp³-hybridized carbons (Fsp3) is 0.267. The predicted molar refractivity (Wildman–Crippen MR) is 160 cm³/mol. The fourth-order valence-electron chi connectivity index (χ4n) is 5.03. The second-order valence-corrected chi connectivity index (χ2v) is 13.0. The van der Waals surface area contributed by atoms with Gasteiger partial charge in [0, 0.05) is 47.3 Å². The SMILES string of the molecule is CCOC(=O)c1csc(-n2nc(CC3CC3)c(Cc3ccc(S(N)(=O)=O)cc3F)c2-c2ccc(F)c(-c3cnn(C)c3)c2)n1. The molecule has 0 aliphatic heterocycles. The van der Waals surface area contributed by atoms with E-state index < -0.39 is 27.6 Å². The van der Waals surface area contributed by atoms with Crippen molar-refractivity contribution >= 4 is 27.3 Å². The molecule has 0 atom stereocenters. The van der Waals surface area contributed by atoms with E-state index in [4.69, 9.17) is 15.0 Å². The zero-order valence-electron chi connectivity index (χ0n) is 23.8. The standard InChI is InChI=1S/C30H28F2N6O4S2/c1-3-42-29(39)27-16-43-30(35-27)38-28(19-7-9-24(31)22(12-19)20-14-34-37(2)15-20)23(26(36-38)10-17-4-5-17)11-18-6-8-21(13-25(18)32)44(33,40)41/h6-9,12-17H,3-5,10-11H2,1-2H3,(H2,33,40,41). The molecule has 3 heterocycles. The first kappa shape index (κ1) is 29.8. The first-order valence-corrected chi connectivity index (χ1v) is 16.3. The maximum Gasteiger partial charge on any atom is 0.357 e. The van der Waals surface area contributed by atoms with E-state index in [9.17, 15) is 13.2 Å². The fourth-order valence-corrected chi connectivity index (χ4v) is 6.30. The molecule has 0 bridgehead atoms. The second-order valence-electron chi connectivity index (χ2n) is 10.6. The van der Waals surface area contributed by atoms with Gasteiger partial charge >= 0.3 is 5.97 Å². The molecule has 0 saturated heterocycles. The number of benzene rings is 2. The minimum Gasteiger partial charge on any atom is -0.461 e. The maximum absolute atomic E-state index is 15.4. The minimum atomic E-state index is -4.10. The van der Waals surface area contributed by atoms with E-state index in [1.807, 2.05) is 0 Å². The molecule has 228 valence electrons. The van der Waals surface area contributed by atoms with Crippen molar-refractivity contribution in [2.75, 3.05) is 6.61 Å². The Bertz CT molecular complexity index is 2000. The Morgan fingerprint density at radius 1 is 1.14 bits per heavy atom. The number of hydrogen-bond donors (Lipinski definition) is 1. The molecule has 0 unspecified atom stereocenters. The number of carbonyl (C=O) groups excluding carboxylic acids is 1. The number of primary sulfonamides is 1. The third-order valence-corrected chi connectivity index (χ3v) is 9.11. The van der Waals surface area contributed by atoms with Crippen molar-refractivity contribution in [3.63, 3.8) is 0 Å². The lowest BCUT2D eigenvalue weighted by Crippen LogP contribution is -2.12. The Morgan fingerprint density at radius 2 is 1.93 bits per heavy atom. The van der Waals surface area contributed by atoms with Crippen LogP contribution in [0.15, 0.2) is 59.1 Å². The monoisotopic (exact) mass is 638 g/mol. The molecule has 0 amide bonds. The number of nitrogens with two attached hydrogens (primary N) is 1. The molecule has 5 aromatic rings. The van der Waals surface area contributed by atoms with E-state index in [0.29, 0.717) is 51.1 Å². The summed E-state index contributed by atoms with van der Waals surface area (Å²) < 4.78 is 62.5. The van der Waals surface area contributed by atoms with Crippen LogP contribution >= 0.6 is 11.3 Å². The minimum absolute atomic E-state index is 0.0594. The van der Waals surface area contributed by atoms with Crippen LogP contribution in [0.2, 0.25) is 0 Å². The summed E-state index contributed by atoms with van der Waals surface area (Å²) in [6, 6.07) is 8.22. The number of carbonyl (C=O) groups is 1. The lowest BCUT2D eigenvalue weighted by atomic mass is 9.95. The van der Waals surface area contributed by atoms with Crippen molar-refractivity contribution in [3.05, 3.63) is 88.3 Å². The molecule has 44 heavy (non-hydrogen) atoms. The van der Waals surface area contributed by atoms with Crippen LogP contribution in [0, 0.1) is 17.6 Å². The Labute approximate surface area is 256 Å². The highest BCUT2D eigenvalue weighted by Gasteiger charge is 2.30. The van der Waals surface area contributed by atoms with Crippen LogP contribution in [0.25, 0.3) is 27.5 Å². The number of hydrogen-bond acceptors (Lipinski definition) is 8. The van der Waals surface area contributed by atoms with Crippen LogP contribution < -0.4 is 5.14 Å². The molecule has 6 rings (SSSR count). The van der Waals surface area contributed by atoms with Gasteiger partial charge in [-0.3, -0.25) is 4.68 Å². The molecule has 1 aliphatic rings. The zero-order valence-corrected chi connectivity index (χ0v) is 25.5. The Kier molecular flexibility index (Phi) is 7.90. The number of sulfonamides is 1. The summed E-state index contributed by atoms with van der Waals surface area (Å²) in [6.07, 6.45) is 6.01. The van der Waals surface area contributed by atoms with Crippen LogP contribution in [-0.4, -0.2) is 45.5 Å². The van der Waals surface area contributed by atoms with Gasteiger partial charge in [-0.1, -0.05) is 6.07 Å². The molecule has 0 spiro atoms. The maximum atomic E-state index is 15.4. The second kappa shape index (κ2) is 11.7. The Balaban J connectivity index is 1.55. The molecule has 3 aromatic heterocycles. The van der Waals surface area contributed by atoms with Crippen molar-refractivity contribution in [2.45, 2.75) is 37.5 Å². The normalized spacial score (nSPS) is 13.4. The summed E-state index contributed by atoms with van der Waals surface area (Å²) >= 11 is 1.19. The highest BCUT2D eigenvalue weighted by atomic mass is 32.2. The molecule has 1 fully saturated rings. The van der Waals surface area contributed by atoms with Crippen molar-refractivity contribution in [2.24, 2.45) is 18.1 Å². The quantitative estimate of drug-likeness (QED) is 0.212. The molecular weight excluding hydrogens is 610 g/mol. The molecule has 1 aliphatic carbocycles. The number of aromatic nitrogens is 5. The van der Waals surface area contributed by atoms with Crippen LogP contribution in [0.4, 0.5) is 8.78 Å². The average Bonchev–Trinajstić information content (AvgIpc) is 3.32. The molecule has 2 aromatic carbocycles. The first-order chi connectivity index (χ1) is 21.0. The van der Waals surface area contributed by atoms with Crippen LogP contribution in [0.1, 0.15) is 47.1 Å². The lowest BCUT2D eigenvalue weighted by Gasteiger charge is -2.12. The number of esters is 1. The summed E-state index contributed by atoms with van der Waals surface area (Å²) in [5.74, 6) is -1.34. The van der Waals surface area contributed by atoms with Gasteiger partial charge in [0.2, 0.25) is 15.2 Å². The van der Waals surface area contributed by atoms with Gasteiger partial charge in [-0.25, -0.2) is 36.8 Å². The molecule has 14 heteroatoms. The van der Waals surface area contributed by atoms with Gasteiger partial charge in [0.05, 0.1) is 29.1 Å². The van der Waals surface area contributed by atoms with Crippen molar-refractivity contribution in [1.29, 1.82) is 0 Å². The number of nitrogens with zero attached hydrogens (tertiary/aromatic N) is 5. The van der Waals surface area contributed by atoms with E-state index in [0.717, 1.165) is 18.9 Å². The van der Waals surface area contributed by atoms with Crippen LogP contribution in [0.3, 0.4) is 0 Å². The van der Waals surface area contributed by atoms with Gasteiger partial charge in [-0.2, -0.15) is 10.2 Å². The molecule has 2 N–H and O–H groups in total. The van der Waals surface area contributed by atoms with Crippen LogP contribution in [-0.2, 0) is 34.6 Å². The number of aryl methyl sites for hydroxylation is 1. The van der Waals surface area contributed by atoms with Gasteiger partial charge in [-0.15, -0.1) is 11.3 Å². The number of rotatable bonds is 10. The average molecular weight is 639 g/mol. The van der Waals surface area contributed by atoms with E-state index in [-0.39, 0.29) is 29.2 Å². The number of thiazole rings is 1. The molecular formula is C30H28F2N6O4S2. The van der Waals surface area contributed by atoms with Gasteiger partial charge in [0.1, 0.15) is 11.6 Å². The molecule has 1 saturated carbocycles. The highest BCUT2D eigenvalue weighted by Crippen LogP contribution is 2.39. The number of ether oxygens (including phenoxy) is 1. The van der Waals surface area contributed by atoms with Crippen LogP contribution in [0.5, 0.6) is 0 Å². The predicted octanol–water partition coefficient (Wildman–Crippen LogP) is 5.04. The van der Waals surface area contributed by atoms with E-state index in [1.54, 1.807) is 53.2 Å². The first-order valence-electron chi connectivity index (χ1n) is 13.9. The van der Waals surface area contributed by atoms with Crippen molar-refractivity contribution in [3.8, 4) is 27.5 Å². The van der Waals surface area contributed by atoms with Gasteiger partial charge < -0.3 is 4.74 Å². The highest BCUT2D eigenvalue weighted by molar-refractivity contribution is 7.89. The van der Waals surface area contributed by atoms with Gasteiger partial charge in [-0.05, 0) is 68.0 Å². The van der Waals surface area contributed by atoms with Crippen molar-refractivity contribution < 1.29 is 26.7 Å². The Hall–Kier alpha value is -4.27. The van der Waals surface area contributed by atoms with Gasteiger partial charge in [0.15, 0.2) is 5.69 Å². The van der Waals surface area contributed by atoms with Gasteiger partial charge in [0.25, 0.3) is 0 Å². The van der Waals surface area contributed by atoms with E-state index in [2.05, 4.69) is 10.1 Å². The lowest BCUT2D eigenvalue weighted by molar-refractivity contribution is 0.0520. The summed E-state index contributed by atoms with van der Waals surface area (Å²) in [5, 5.41) is 16.3. The van der Waals surface area contributed by atoms with Crippen molar-refractivity contribution in [1.82, 2.24) is 24.5 Å². The van der Waals surface area contributed by atoms with E-state index in [1.165, 1.54) is 29.5 Å². The molecule has 0 radical (unpaired) electrons. The largest absolute Gasteiger partial charge is 0.461 e. The number of halogens is 2. The Morgan fingerprint density at radius 3 is 2.59 bits per heavy atom. The smallest absolute Gasteiger partial charge is 0.357 e. The summed E-state index contributed by atoms with van der Waals surface area (Å²) in [7, 11) is -2.36. The summed E-state index contributed by atoms with van der Waals surface area (Å²) in [6.45, 7) is 1.90. The molecule has 10 nitrogen and oxygen atoms in total. The zero-order chi connectivity index (χ0) is 31.2. The topological polar surface area (TPSA) is 135 Å². The third kappa shape index (κ3) is 6.05. The summed E-state index contributed by atoms with van der Waals surface area (Å²) in [4.78, 5) is 16.6. The summed E-state index contributed by atoms with van der Waals surface area (Å²) in [5.41, 5.74) is 3.76. The third-order valence-electron chi connectivity index (χ3n) is 7.38. The van der Waals surface area contributed by atoms with E-state index >= 15 is 8.78 Å².